The SMILES string of the molecule is CCN(Cc1ccccc1)C(=O)C1CC1C(=O)Nc1c(C)cc(C)cc1Cl. The second-order valence-corrected chi connectivity index (χ2v) is 7.62. The zero-order valence-electron chi connectivity index (χ0n) is 16.0. The maximum absolute atomic E-state index is 12.8. The van der Waals surface area contributed by atoms with Gasteiger partial charge in [-0.1, -0.05) is 48.0 Å². The molecule has 0 aromatic heterocycles. The van der Waals surface area contributed by atoms with Crippen LogP contribution in [0.2, 0.25) is 5.02 Å². The largest absolute Gasteiger partial charge is 0.338 e. The van der Waals surface area contributed by atoms with E-state index in [-0.39, 0.29) is 23.7 Å². The van der Waals surface area contributed by atoms with Crippen molar-refractivity contribution in [1.82, 2.24) is 4.90 Å². The third-order valence-corrected chi connectivity index (χ3v) is 5.33. The van der Waals surface area contributed by atoms with Gasteiger partial charge in [-0.2, -0.15) is 0 Å². The van der Waals surface area contributed by atoms with Gasteiger partial charge in [-0.05, 0) is 49.9 Å². The number of carbonyl (C=O) groups excluding carboxylic acids is 2. The van der Waals surface area contributed by atoms with Gasteiger partial charge in [0.2, 0.25) is 11.8 Å². The summed E-state index contributed by atoms with van der Waals surface area (Å²) < 4.78 is 0. The van der Waals surface area contributed by atoms with Crippen molar-refractivity contribution >= 4 is 29.1 Å². The van der Waals surface area contributed by atoms with E-state index in [1.165, 1.54) is 0 Å². The molecule has 27 heavy (non-hydrogen) atoms. The molecule has 0 aliphatic heterocycles. The van der Waals surface area contributed by atoms with Crippen molar-refractivity contribution in [3.05, 3.63) is 64.2 Å². The van der Waals surface area contributed by atoms with Gasteiger partial charge >= 0.3 is 0 Å². The Morgan fingerprint density at radius 3 is 2.48 bits per heavy atom. The van der Waals surface area contributed by atoms with Gasteiger partial charge in [0.05, 0.1) is 22.5 Å². The molecule has 4 nitrogen and oxygen atoms in total. The van der Waals surface area contributed by atoms with Crippen molar-refractivity contribution in [2.24, 2.45) is 11.8 Å². The molecule has 1 aliphatic carbocycles. The van der Waals surface area contributed by atoms with Gasteiger partial charge in [0.25, 0.3) is 0 Å². The lowest BCUT2D eigenvalue weighted by Gasteiger charge is -2.21. The quantitative estimate of drug-likeness (QED) is 0.792. The Morgan fingerprint density at radius 1 is 1.15 bits per heavy atom. The number of benzene rings is 2. The molecule has 2 atom stereocenters. The second kappa shape index (κ2) is 8.13. The molecule has 0 heterocycles. The van der Waals surface area contributed by atoms with Crippen LogP contribution in [0.3, 0.4) is 0 Å². The molecule has 0 spiro atoms. The van der Waals surface area contributed by atoms with E-state index in [9.17, 15) is 9.59 Å². The molecule has 142 valence electrons. The smallest absolute Gasteiger partial charge is 0.228 e. The summed E-state index contributed by atoms with van der Waals surface area (Å²) in [6, 6.07) is 13.7. The van der Waals surface area contributed by atoms with Gasteiger partial charge in [0.1, 0.15) is 0 Å². The summed E-state index contributed by atoms with van der Waals surface area (Å²) in [5, 5.41) is 3.45. The van der Waals surface area contributed by atoms with Crippen LogP contribution in [0, 0.1) is 25.7 Å². The molecule has 0 radical (unpaired) electrons. The predicted molar refractivity (Wildman–Crippen MR) is 109 cm³/mol. The standard InChI is InChI=1S/C22H25ClN2O2/c1-4-25(13-16-8-6-5-7-9-16)22(27)18-12-17(18)21(26)24-20-15(3)10-14(2)11-19(20)23/h5-11,17-18H,4,12-13H2,1-3H3,(H,24,26). The van der Waals surface area contributed by atoms with E-state index >= 15 is 0 Å². The number of aryl methyl sites for hydroxylation is 2. The van der Waals surface area contributed by atoms with E-state index < -0.39 is 0 Å². The van der Waals surface area contributed by atoms with Gasteiger partial charge in [-0.15, -0.1) is 0 Å². The topological polar surface area (TPSA) is 49.4 Å². The van der Waals surface area contributed by atoms with Crippen LogP contribution < -0.4 is 5.32 Å². The van der Waals surface area contributed by atoms with E-state index in [2.05, 4.69) is 5.32 Å². The minimum absolute atomic E-state index is 0.0493. The lowest BCUT2D eigenvalue weighted by molar-refractivity contribution is -0.134. The van der Waals surface area contributed by atoms with Gasteiger partial charge in [0.15, 0.2) is 0 Å². The Balaban J connectivity index is 1.62. The molecule has 1 aliphatic rings. The first kappa shape index (κ1) is 19.4. The molecule has 0 saturated heterocycles. The highest BCUT2D eigenvalue weighted by Crippen LogP contribution is 2.41. The number of hydrogen-bond acceptors (Lipinski definition) is 2. The molecule has 1 fully saturated rings. The Kier molecular flexibility index (Phi) is 5.85. The summed E-state index contributed by atoms with van der Waals surface area (Å²) in [5.41, 5.74) is 3.71. The van der Waals surface area contributed by atoms with Crippen molar-refractivity contribution in [3.8, 4) is 0 Å². The van der Waals surface area contributed by atoms with Crippen molar-refractivity contribution in [2.75, 3.05) is 11.9 Å². The number of hydrogen-bond donors (Lipinski definition) is 1. The Labute approximate surface area is 165 Å². The van der Waals surface area contributed by atoms with Gasteiger partial charge in [-0.25, -0.2) is 0 Å². The van der Waals surface area contributed by atoms with E-state index in [0.29, 0.717) is 30.2 Å². The molecule has 2 aromatic rings. The first-order chi connectivity index (χ1) is 12.9. The number of rotatable bonds is 6. The van der Waals surface area contributed by atoms with Crippen LogP contribution in [0.15, 0.2) is 42.5 Å². The maximum Gasteiger partial charge on any atom is 0.228 e. The van der Waals surface area contributed by atoms with Crippen LogP contribution in [0.4, 0.5) is 5.69 Å². The van der Waals surface area contributed by atoms with Crippen molar-refractivity contribution in [2.45, 2.75) is 33.7 Å². The minimum atomic E-state index is -0.279. The zero-order chi connectivity index (χ0) is 19.6. The Hall–Kier alpha value is -2.33. The lowest BCUT2D eigenvalue weighted by Crippen LogP contribution is -2.33. The fraction of sp³-hybridized carbons (Fsp3) is 0.364. The first-order valence-corrected chi connectivity index (χ1v) is 9.68. The highest BCUT2D eigenvalue weighted by Gasteiger charge is 2.49. The number of nitrogens with one attached hydrogen (secondary N) is 1. The van der Waals surface area contributed by atoms with Gasteiger partial charge in [0, 0.05) is 13.1 Å². The third kappa shape index (κ3) is 4.51. The van der Waals surface area contributed by atoms with Crippen LogP contribution in [0.25, 0.3) is 0 Å². The summed E-state index contributed by atoms with van der Waals surface area (Å²) in [7, 11) is 0. The van der Waals surface area contributed by atoms with E-state index in [4.69, 9.17) is 11.6 Å². The van der Waals surface area contributed by atoms with Crippen LogP contribution in [0.1, 0.15) is 30.0 Å². The molecule has 3 rings (SSSR count). The van der Waals surface area contributed by atoms with Crippen molar-refractivity contribution in [1.29, 1.82) is 0 Å². The number of nitrogens with zero attached hydrogens (tertiary/aromatic N) is 1. The average Bonchev–Trinajstić information content (AvgIpc) is 3.43. The highest BCUT2D eigenvalue weighted by atomic mass is 35.5. The number of carbonyl (C=O) groups is 2. The summed E-state index contributed by atoms with van der Waals surface area (Å²) in [5.74, 6) is -0.594. The average molecular weight is 385 g/mol. The second-order valence-electron chi connectivity index (χ2n) is 7.21. The maximum atomic E-state index is 12.8. The minimum Gasteiger partial charge on any atom is -0.338 e. The number of anilines is 1. The lowest BCUT2D eigenvalue weighted by atomic mass is 10.1. The molecule has 2 aromatic carbocycles. The Bertz CT molecular complexity index is 828. The van der Waals surface area contributed by atoms with Crippen molar-refractivity contribution in [3.63, 3.8) is 0 Å². The van der Waals surface area contributed by atoms with Gasteiger partial charge < -0.3 is 10.2 Å². The molecule has 1 N–H and O–H groups in total. The van der Waals surface area contributed by atoms with Gasteiger partial charge in [-0.3, -0.25) is 9.59 Å². The number of amides is 2. The molecular formula is C22H25ClN2O2. The monoisotopic (exact) mass is 384 g/mol. The normalized spacial score (nSPS) is 18.1. The summed E-state index contributed by atoms with van der Waals surface area (Å²) in [4.78, 5) is 27.2. The number of halogens is 1. The van der Waals surface area contributed by atoms with Crippen LogP contribution in [-0.2, 0) is 16.1 Å². The molecule has 0 bridgehead atoms. The third-order valence-electron chi connectivity index (χ3n) is 5.03. The summed E-state index contributed by atoms with van der Waals surface area (Å²) in [6.45, 7) is 7.05. The van der Waals surface area contributed by atoms with Crippen molar-refractivity contribution < 1.29 is 9.59 Å². The predicted octanol–water partition coefficient (Wildman–Crippen LogP) is 4.58. The highest BCUT2D eigenvalue weighted by molar-refractivity contribution is 6.34. The van der Waals surface area contributed by atoms with E-state index in [1.807, 2.05) is 68.1 Å². The van der Waals surface area contributed by atoms with Crippen LogP contribution in [0.5, 0.6) is 0 Å². The first-order valence-electron chi connectivity index (χ1n) is 9.31. The van der Waals surface area contributed by atoms with E-state index in [0.717, 1.165) is 16.7 Å². The van der Waals surface area contributed by atoms with Crippen LogP contribution >= 0.6 is 11.6 Å². The van der Waals surface area contributed by atoms with Crippen LogP contribution in [-0.4, -0.2) is 23.3 Å². The van der Waals surface area contributed by atoms with E-state index in [1.54, 1.807) is 0 Å². The zero-order valence-corrected chi connectivity index (χ0v) is 16.7. The fourth-order valence-corrected chi connectivity index (χ4v) is 3.80. The fourth-order valence-electron chi connectivity index (χ4n) is 3.43. The molecular weight excluding hydrogens is 360 g/mol. The molecule has 1 saturated carbocycles. The molecule has 2 unspecified atom stereocenters. The molecule has 5 heteroatoms. The summed E-state index contributed by atoms with van der Waals surface area (Å²) >= 11 is 6.28. The summed E-state index contributed by atoms with van der Waals surface area (Å²) in [6.07, 6.45) is 0.596. The molecule has 2 amide bonds. The Morgan fingerprint density at radius 2 is 1.85 bits per heavy atom.